The Kier molecular flexibility index (Phi) is 11.8. The van der Waals surface area contributed by atoms with E-state index in [2.05, 4.69) is 38.0 Å². The molecule has 0 fully saturated rings. The molecule has 1 aromatic rings. The van der Waals surface area contributed by atoms with Crippen molar-refractivity contribution in [3.63, 3.8) is 0 Å². The van der Waals surface area contributed by atoms with Crippen molar-refractivity contribution < 1.29 is 5.11 Å². The number of aliphatic hydroxyl groups is 1. The Morgan fingerprint density at radius 1 is 1.00 bits per heavy atom. The van der Waals surface area contributed by atoms with Crippen molar-refractivity contribution >= 4 is 24.2 Å². The standard InChI is InChI=1S/C9H13N2O.3C4H9.Sn/c1-8(5-7-12)11-9-4-2-3-6-10-9;3*1-3-4-2;/h2-6,8,12H,7H2,1H3,(H,10,11);3*1,3-4H2,2H3;/t8-;;;;/m1..../s1. The summed E-state index contributed by atoms with van der Waals surface area (Å²) in [5.41, 5.74) is 0. The molecule has 0 saturated carbocycles. The van der Waals surface area contributed by atoms with Crippen LogP contribution in [-0.4, -0.2) is 41.1 Å². The van der Waals surface area contributed by atoms with Gasteiger partial charge >= 0.3 is 160 Å². The van der Waals surface area contributed by atoms with Gasteiger partial charge in [-0.05, 0) is 0 Å². The second-order valence-corrected chi connectivity index (χ2v) is 21.8. The van der Waals surface area contributed by atoms with E-state index < -0.39 is 18.4 Å². The number of unbranched alkanes of at least 4 members (excludes halogenated alkanes) is 3. The SMILES string of the molecule is CCC[CH2][Sn]([CH2]CCC)([CH2]CCC)[C@H](CO)[C@@H](C)Nc1ccccn1. The van der Waals surface area contributed by atoms with Crippen molar-refractivity contribution in [3.05, 3.63) is 24.4 Å². The van der Waals surface area contributed by atoms with E-state index in [4.69, 9.17) is 0 Å². The number of anilines is 1. The summed E-state index contributed by atoms with van der Waals surface area (Å²) in [7, 11) is 0. The van der Waals surface area contributed by atoms with Crippen LogP contribution in [0.1, 0.15) is 66.2 Å². The van der Waals surface area contributed by atoms with Crippen molar-refractivity contribution in [2.75, 3.05) is 11.9 Å². The summed E-state index contributed by atoms with van der Waals surface area (Å²) in [6, 6.07) is 6.32. The molecule has 0 bridgehead atoms. The molecule has 2 atom stereocenters. The zero-order chi connectivity index (χ0) is 18.5. The van der Waals surface area contributed by atoms with Crippen LogP contribution in [0.25, 0.3) is 0 Å². The van der Waals surface area contributed by atoms with Gasteiger partial charge in [0.05, 0.1) is 0 Å². The van der Waals surface area contributed by atoms with Crippen molar-refractivity contribution in [3.8, 4) is 0 Å². The van der Waals surface area contributed by atoms with Crippen LogP contribution in [0.5, 0.6) is 0 Å². The number of hydrogen-bond donors (Lipinski definition) is 2. The van der Waals surface area contributed by atoms with E-state index in [1.807, 2.05) is 24.4 Å². The van der Waals surface area contributed by atoms with Gasteiger partial charge < -0.3 is 0 Å². The number of aromatic nitrogens is 1. The van der Waals surface area contributed by atoms with Gasteiger partial charge in [0.1, 0.15) is 0 Å². The molecule has 4 heteroatoms. The van der Waals surface area contributed by atoms with Gasteiger partial charge in [0.25, 0.3) is 0 Å². The van der Waals surface area contributed by atoms with E-state index in [0.29, 0.717) is 16.6 Å². The molecule has 1 rings (SSSR count). The second kappa shape index (κ2) is 13.0. The molecule has 0 radical (unpaired) electrons. The van der Waals surface area contributed by atoms with Crippen molar-refractivity contribution in [1.29, 1.82) is 0 Å². The first-order valence-corrected chi connectivity index (χ1v) is 18.1. The predicted octanol–water partition coefficient (Wildman–Crippen LogP) is 6.09. The first-order chi connectivity index (χ1) is 12.1. The van der Waals surface area contributed by atoms with Gasteiger partial charge in [-0.15, -0.1) is 0 Å². The summed E-state index contributed by atoms with van der Waals surface area (Å²) >= 11 is -2.46. The first-order valence-electron chi connectivity index (χ1n) is 10.4. The van der Waals surface area contributed by atoms with E-state index >= 15 is 0 Å². The molecule has 3 nitrogen and oxygen atoms in total. The third-order valence-corrected chi connectivity index (χ3v) is 23.7. The van der Waals surface area contributed by atoms with E-state index in [1.54, 1.807) is 0 Å². The Bertz CT molecular complexity index is 419. The Labute approximate surface area is 159 Å². The molecule has 25 heavy (non-hydrogen) atoms. The number of hydrogen-bond acceptors (Lipinski definition) is 3. The molecule has 144 valence electrons. The van der Waals surface area contributed by atoms with Crippen LogP contribution < -0.4 is 5.32 Å². The van der Waals surface area contributed by atoms with E-state index in [-0.39, 0.29) is 0 Å². The summed E-state index contributed by atoms with van der Waals surface area (Å²) in [5.74, 6) is 0.940. The molecule has 0 aliphatic carbocycles. The number of rotatable bonds is 14. The average Bonchev–Trinajstić information content (AvgIpc) is 2.63. The van der Waals surface area contributed by atoms with Gasteiger partial charge in [-0.1, -0.05) is 0 Å². The maximum absolute atomic E-state index is 10.4. The summed E-state index contributed by atoms with van der Waals surface area (Å²) in [6.07, 6.45) is 9.69. The summed E-state index contributed by atoms with van der Waals surface area (Å²) in [6.45, 7) is 9.53. The number of pyridine rings is 1. The zero-order valence-electron chi connectivity index (χ0n) is 16.9. The monoisotopic (exact) mass is 456 g/mol. The van der Waals surface area contributed by atoms with Crippen molar-refractivity contribution in [1.82, 2.24) is 4.98 Å². The molecular weight excluding hydrogens is 415 g/mol. The fraction of sp³-hybridized carbons (Fsp3) is 0.762. The quantitative estimate of drug-likeness (QED) is 0.334. The third-order valence-electron chi connectivity index (χ3n) is 5.71. The molecule has 0 amide bonds. The van der Waals surface area contributed by atoms with Gasteiger partial charge in [-0.25, -0.2) is 0 Å². The minimum atomic E-state index is -2.46. The zero-order valence-corrected chi connectivity index (χ0v) is 19.8. The van der Waals surface area contributed by atoms with Crippen molar-refractivity contribution in [2.24, 2.45) is 0 Å². The first kappa shape index (κ1) is 22.7. The fourth-order valence-corrected chi connectivity index (χ4v) is 22.9. The fourth-order valence-electron chi connectivity index (χ4n) is 4.18. The molecule has 0 aromatic carbocycles. The average molecular weight is 455 g/mol. The minimum absolute atomic E-state index is 0.307. The van der Waals surface area contributed by atoms with Crippen LogP contribution in [0.2, 0.25) is 17.2 Å². The molecule has 0 unspecified atom stereocenters. The normalized spacial score (nSPS) is 14.3. The summed E-state index contributed by atoms with van der Waals surface area (Å²) < 4.78 is 4.78. The van der Waals surface area contributed by atoms with Gasteiger partial charge in [0.15, 0.2) is 0 Å². The molecule has 0 spiro atoms. The van der Waals surface area contributed by atoms with Gasteiger partial charge in [-0.3, -0.25) is 0 Å². The van der Waals surface area contributed by atoms with Crippen molar-refractivity contribution in [2.45, 2.75) is 89.5 Å². The van der Waals surface area contributed by atoms with Crippen LogP contribution in [0.15, 0.2) is 24.4 Å². The van der Waals surface area contributed by atoms with Gasteiger partial charge in [0.2, 0.25) is 0 Å². The molecule has 1 aromatic heterocycles. The Balaban J connectivity index is 3.01. The topological polar surface area (TPSA) is 45.1 Å². The number of aliphatic hydroxyl groups excluding tert-OH is 1. The molecule has 2 N–H and O–H groups in total. The van der Waals surface area contributed by atoms with Crippen LogP contribution in [-0.2, 0) is 0 Å². The van der Waals surface area contributed by atoms with Gasteiger partial charge in [0, 0.05) is 0 Å². The number of nitrogens with one attached hydrogen (secondary N) is 1. The summed E-state index contributed by atoms with van der Waals surface area (Å²) in [5, 5.41) is 14.0. The Morgan fingerprint density at radius 2 is 1.56 bits per heavy atom. The van der Waals surface area contributed by atoms with E-state index in [1.165, 1.54) is 51.8 Å². The van der Waals surface area contributed by atoms with Crippen LogP contribution in [0.4, 0.5) is 5.82 Å². The second-order valence-electron chi connectivity index (χ2n) is 7.61. The van der Waals surface area contributed by atoms with Crippen LogP contribution >= 0.6 is 0 Å². The third kappa shape index (κ3) is 7.46. The van der Waals surface area contributed by atoms with Crippen LogP contribution in [0.3, 0.4) is 0 Å². The molecule has 0 saturated heterocycles. The molecule has 0 aliphatic rings. The van der Waals surface area contributed by atoms with Crippen LogP contribution in [0, 0.1) is 0 Å². The van der Waals surface area contributed by atoms with E-state index in [9.17, 15) is 5.11 Å². The summed E-state index contributed by atoms with van der Waals surface area (Å²) in [4.78, 5) is 4.43. The molecule has 1 heterocycles. The van der Waals surface area contributed by atoms with Gasteiger partial charge in [-0.2, -0.15) is 0 Å². The molecular formula is C21H40N2OSn. The Hall–Kier alpha value is -0.291. The molecule has 0 aliphatic heterocycles. The Morgan fingerprint density at radius 3 is 1.96 bits per heavy atom. The number of nitrogens with zero attached hydrogens (tertiary/aromatic N) is 1. The van der Waals surface area contributed by atoms with E-state index in [0.717, 1.165) is 5.82 Å². The predicted molar refractivity (Wildman–Crippen MR) is 113 cm³/mol. The maximum atomic E-state index is 10.4.